The zero-order valence-corrected chi connectivity index (χ0v) is 18.6. The zero-order valence-electron chi connectivity index (χ0n) is 17.8. The predicted molar refractivity (Wildman–Crippen MR) is 123 cm³/mol. The summed E-state index contributed by atoms with van der Waals surface area (Å²) in [6, 6.07) is 17.6. The number of nitrogens with one attached hydrogen (secondary N) is 1. The van der Waals surface area contributed by atoms with Gasteiger partial charge in [0.15, 0.2) is 5.16 Å². The molecule has 0 fully saturated rings. The lowest BCUT2D eigenvalue weighted by atomic mass is 9.87. The number of benzene rings is 2. The monoisotopic (exact) mass is 435 g/mol. The van der Waals surface area contributed by atoms with Crippen LogP contribution in [0.15, 0.2) is 64.5 Å². The van der Waals surface area contributed by atoms with Crippen molar-refractivity contribution < 1.29 is 9.53 Å². The quantitative estimate of drug-likeness (QED) is 0.461. The number of amides is 1. The van der Waals surface area contributed by atoms with E-state index in [9.17, 15) is 9.59 Å². The van der Waals surface area contributed by atoms with Crippen LogP contribution < -0.4 is 15.6 Å². The summed E-state index contributed by atoms with van der Waals surface area (Å²) in [5, 5.41) is 3.47. The first kappa shape index (κ1) is 21.2. The van der Waals surface area contributed by atoms with Crippen LogP contribution >= 0.6 is 11.8 Å². The van der Waals surface area contributed by atoms with Crippen molar-refractivity contribution in [2.45, 2.75) is 43.2 Å². The molecule has 1 aliphatic rings. The van der Waals surface area contributed by atoms with Gasteiger partial charge in [0.1, 0.15) is 11.6 Å². The van der Waals surface area contributed by atoms with E-state index in [4.69, 9.17) is 4.74 Å². The average molecular weight is 436 g/mol. The highest BCUT2D eigenvalue weighted by Gasteiger charge is 2.32. The second-order valence-electron chi connectivity index (χ2n) is 7.84. The predicted octanol–water partition coefficient (Wildman–Crippen LogP) is 4.33. The normalized spacial score (nSPS) is 15.5. The Labute approximate surface area is 185 Å². The Hall–Kier alpha value is -3.06. The molecule has 160 valence electrons. The molecule has 0 spiro atoms. The molecule has 31 heavy (non-hydrogen) atoms. The second kappa shape index (κ2) is 8.98. The molecule has 2 aromatic carbocycles. The number of hydrogen-bond acceptors (Lipinski definition) is 5. The zero-order chi connectivity index (χ0) is 22.0. The van der Waals surface area contributed by atoms with Crippen LogP contribution in [0.5, 0.6) is 5.75 Å². The third-order valence-corrected chi connectivity index (χ3v) is 6.27. The summed E-state index contributed by atoms with van der Waals surface area (Å²) in [6.45, 7) is 3.94. The molecule has 2 heterocycles. The van der Waals surface area contributed by atoms with Crippen molar-refractivity contribution in [3.63, 3.8) is 0 Å². The number of aromatic nitrogens is 2. The van der Waals surface area contributed by atoms with Crippen molar-refractivity contribution in [3.8, 4) is 5.75 Å². The number of hydrogen-bond donors (Lipinski definition) is 1. The lowest BCUT2D eigenvalue weighted by Crippen LogP contribution is -2.33. The molecular formula is C24H25N3O3S. The smallest absolute Gasteiger partial charge is 0.279 e. The van der Waals surface area contributed by atoms with Crippen molar-refractivity contribution in [3.05, 3.63) is 81.6 Å². The summed E-state index contributed by atoms with van der Waals surface area (Å²) in [6.07, 6.45) is 0.292. The Morgan fingerprint density at radius 2 is 1.84 bits per heavy atom. The molecule has 4 rings (SSSR count). The molecule has 0 unspecified atom stereocenters. The van der Waals surface area contributed by atoms with Gasteiger partial charge in [-0.15, -0.1) is 0 Å². The maximum absolute atomic E-state index is 13.0. The van der Waals surface area contributed by atoms with Gasteiger partial charge in [0.25, 0.3) is 5.56 Å². The van der Waals surface area contributed by atoms with Crippen molar-refractivity contribution in [2.75, 3.05) is 5.32 Å². The minimum absolute atomic E-state index is 0.0790. The third-order valence-electron chi connectivity index (χ3n) is 5.17. The van der Waals surface area contributed by atoms with E-state index in [0.717, 1.165) is 16.9 Å². The highest BCUT2D eigenvalue weighted by atomic mass is 32.2. The highest BCUT2D eigenvalue weighted by molar-refractivity contribution is 7.98. The van der Waals surface area contributed by atoms with Crippen molar-refractivity contribution in [1.29, 1.82) is 0 Å². The first-order valence-corrected chi connectivity index (χ1v) is 11.2. The van der Waals surface area contributed by atoms with Gasteiger partial charge < -0.3 is 14.6 Å². The van der Waals surface area contributed by atoms with Crippen LogP contribution in [0.3, 0.4) is 0 Å². The van der Waals surface area contributed by atoms with Crippen LogP contribution in [-0.2, 0) is 17.6 Å². The van der Waals surface area contributed by atoms with Crippen LogP contribution in [0.25, 0.3) is 0 Å². The number of carbonyl (C=O) groups excluding carboxylic acids is 1. The van der Waals surface area contributed by atoms with Crippen molar-refractivity contribution in [1.82, 2.24) is 9.55 Å². The lowest BCUT2D eigenvalue weighted by Gasteiger charge is -2.27. The summed E-state index contributed by atoms with van der Waals surface area (Å²) in [7, 11) is 1.83. The Kier molecular flexibility index (Phi) is 6.13. The topological polar surface area (TPSA) is 73.2 Å². The Bertz CT molecular complexity index is 1140. The van der Waals surface area contributed by atoms with E-state index in [2.05, 4.69) is 10.3 Å². The molecule has 1 amide bonds. The minimum Gasteiger partial charge on any atom is -0.491 e. The summed E-state index contributed by atoms with van der Waals surface area (Å²) in [5.74, 6) is 1.53. The fourth-order valence-electron chi connectivity index (χ4n) is 3.72. The van der Waals surface area contributed by atoms with Gasteiger partial charge >= 0.3 is 0 Å². The standard InChI is InChI=1S/C24H25N3O3S/c1-15(2)30-18-11-9-17(10-12-18)19-13-20(28)25-22-21(19)23(29)26-24(27(22)3)31-14-16-7-5-4-6-8-16/h4-12,15,19H,13-14H2,1-3H3,(H,25,28)/t19-/m1/s1. The molecule has 0 bridgehead atoms. The molecular weight excluding hydrogens is 410 g/mol. The van der Waals surface area contributed by atoms with Crippen molar-refractivity contribution in [2.24, 2.45) is 7.05 Å². The molecule has 0 aliphatic carbocycles. The van der Waals surface area contributed by atoms with Gasteiger partial charge in [-0.2, -0.15) is 4.98 Å². The van der Waals surface area contributed by atoms with Gasteiger partial charge in [0.05, 0.1) is 11.7 Å². The van der Waals surface area contributed by atoms with Gasteiger partial charge in [-0.3, -0.25) is 9.59 Å². The summed E-state index contributed by atoms with van der Waals surface area (Å²) >= 11 is 1.48. The maximum atomic E-state index is 13.0. The number of anilines is 1. The Morgan fingerprint density at radius 1 is 1.13 bits per heavy atom. The van der Waals surface area contributed by atoms with E-state index in [-0.39, 0.29) is 29.9 Å². The number of carbonyl (C=O) groups is 1. The molecule has 1 atom stereocenters. The summed E-state index contributed by atoms with van der Waals surface area (Å²) in [5.41, 5.74) is 2.28. The molecule has 0 radical (unpaired) electrons. The highest BCUT2D eigenvalue weighted by Crippen LogP contribution is 2.36. The number of ether oxygens (including phenoxy) is 1. The number of nitrogens with zero attached hydrogens (tertiary/aromatic N) is 2. The molecule has 1 N–H and O–H groups in total. The van der Waals surface area contributed by atoms with E-state index in [1.807, 2.05) is 80.1 Å². The van der Waals surface area contributed by atoms with Crippen LogP contribution in [-0.4, -0.2) is 21.6 Å². The van der Waals surface area contributed by atoms with Gasteiger partial charge in [0, 0.05) is 25.1 Å². The van der Waals surface area contributed by atoms with E-state index in [1.54, 1.807) is 0 Å². The molecule has 1 aliphatic heterocycles. The molecule has 6 nitrogen and oxygen atoms in total. The largest absolute Gasteiger partial charge is 0.491 e. The second-order valence-corrected chi connectivity index (χ2v) is 8.78. The maximum Gasteiger partial charge on any atom is 0.279 e. The van der Waals surface area contributed by atoms with E-state index in [0.29, 0.717) is 22.3 Å². The fraction of sp³-hybridized carbons (Fsp3) is 0.292. The van der Waals surface area contributed by atoms with E-state index < -0.39 is 0 Å². The van der Waals surface area contributed by atoms with Crippen LogP contribution in [0.4, 0.5) is 5.82 Å². The van der Waals surface area contributed by atoms with Crippen LogP contribution in [0.1, 0.15) is 42.9 Å². The average Bonchev–Trinajstić information content (AvgIpc) is 2.75. The first-order valence-electron chi connectivity index (χ1n) is 10.3. The third kappa shape index (κ3) is 4.66. The van der Waals surface area contributed by atoms with E-state index >= 15 is 0 Å². The SMILES string of the molecule is CC(C)Oc1ccc([C@H]2CC(=O)Nc3c2c(=O)nc(SCc2ccccc2)n3C)cc1. The van der Waals surface area contributed by atoms with Gasteiger partial charge in [0.2, 0.25) is 5.91 Å². The molecule has 0 saturated heterocycles. The molecule has 1 aromatic heterocycles. The minimum atomic E-state index is -0.337. The Morgan fingerprint density at radius 3 is 2.52 bits per heavy atom. The number of thioether (sulfide) groups is 1. The molecule has 0 saturated carbocycles. The lowest BCUT2D eigenvalue weighted by molar-refractivity contribution is -0.116. The van der Waals surface area contributed by atoms with E-state index in [1.165, 1.54) is 11.8 Å². The number of fused-ring (bicyclic) bond motifs is 1. The molecule has 7 heteroatoms. The van der Waals surface area contributed by atoms with Crippen LogP contribution in [0.2, 0.25) is 0 Å². The van der Waals surface area contributed by atoms with Crippen molar-refractivity contribution >= 4 is 23.5 Å². The van der Waals surface area contributed by atoms with Gasteiger partial charge in [-0.25, -0.2) is 0 Å². The summed E-state index contributed by atoms with van der Waals surface area (Å²) in [4.78, 5) is 29.9. The number of rotatable bonds is 6. The summed E-state index contributed by atoms with van der Waals surface area (Å²) < 4.78 is 7.52. The fourth-order valence-corrected chi connectivity index (χ4v) is 4.64. The van der Waals surface area contributed by atoms with Crippen LogP contribution in [0, 0.1) is 0 Å². The Balaban J connectivity index is 1.66. The molecule has 3 aromatic rings. The van der Waals surface area contributed by atoms with Gasteiger partial charge in [-0.05, 0) is 37.1 Å². The van der Waals surface area contributed by atoms with Gasteiger partial charge in [-0.1, -0.05) is 54.2 Å². The first-order chi connectivity index (χ1) is 14.9.